The fourth-order valence-corrected chi connectivity index (χ4v) is 2.38. The first-order valence-corrected chi connectivity index (χ1v) is 7.23. The summed E-state index contributed by atoms with van der Waals surface area (Å²) < 4.78 is 5.79. The average Bonchev–Trinajstić information content (AvgIpc) is 2.41. The summed E-state index contributed by atoms with van der Waals surface area (Å²) in [7, 11) is 0. The predicted molar refractivity (Wildman–Crippen MR) is 84.8 cm³/mol. The van der Waals surface area contributed by atoms with Gasteiger partial charge in [-0.05, 0) is 31.2 Å². The molecule has 2 rings (SSSR count). The van der Waals surface area contributed by atoms with Gasteiger partial charge < -0.3 is 10.5 Å². The van der Waals surface area contributed by atoms with Gasteiger partial charge in [-0.15, -0.1) is 0 Å². The van der Waals surface area contributed by atoms with E-state index in [2.05, 4.69) is 0 Å². The Morgan fingerprint density at radius 2 is 1.90 bits per heavy atom. The fraction of sp³-hybridized carbons (Fsp3) is 0.200. The molecule has 0 spiro atoms. The maximum atomic E-state index is 6.13. The molecule has 0 radical (unpaired) electrons. The average molecular weight is 331 g/mol. The molecule has 0 aliphatic heterocycles. The Morgan fingerprint density at radius 3 is 2.60 bits per heavy atom. The highest BCUT2D eigenvalue weighted by Gasteiger charge is 2.11. The van der Waals surface area contributed by atoms with E-state index in [0.29, 0.717) is 27.4 Å². The van der Waals surface area contributed by atoms with E-state index in [1.165, 1.54) is 0 Å². The van der Waals surface area contributed by atoms with Gasteiger partial charge in [-0.25, -0.2) is 0 Å². The molecule has 0 saturated heterocycles. The Balaban J connectivity index is 2.21. The number of nitrogens with two attached hydrogens (primary N) is 1. The monoisotopic (exact) mass is 329 g/mol. The third-order valence-corrected chi connectivity index (χ3v) is 3.97. The lowest BCUT2D eigenvalue weighted by atomic mass is 10.1. The van der Waals surface area contributed by atoms with Gasteiger partial charge in [0.15, 0.2) is 0 Å². The van der Waals surface area contributed by atoms with E-state index in [-0.39, 0.29) is 6.04 Å². The summed E-state index contributed by atoms with van der Waals surface area (Å²) in [5.41, 5.74) is 7.60. The third kappa shape index (κ3) is 3.58. The van der Waals surface area contributed by atoms with Gasteiger partial charge in [-0.3, -0.25) is 0 Å². The van der Waals surface area contributed by atoms with Gasteiger partial charge >= 0.3 is 0 Å². The van der Waals surface area contributed by atoms with Crippen molar-refractivity contribution in [3.05, 3.63) is 62.6 Å². The standard InChI is InChI=1S/C15H14Cl3NO/c1-9(19)12-7-11(16)5-6-14(12)20-8-10-3-2-4-13(17)15(10)18/h2-7,9H,8,19H2,1H3/t9-/m0/s1. The van der Waals surface area contributed by atoms with Crippen LogP contribution in [0.3, 0.4) is 0 Å². The van der Waals surface area contributed by atoms with Crippen molar-refractivity contribution in [2.45, 2.75) is 19.6 Å². The quantitative estimate of drug-likeness (QED) is 0.831. The van der Waals surface area contributed by atoms with Gasteiger partial charge in [0.1, 0.15) is 12.4 Å². The van der Waals surface area contributed by atoms with Gasteiger partial charge in [0.25, 0.3) is 0 Å². The second-order valence-electron chi connectivity index (χ2n) is 4.47. The first-order valence-electron chi connectivity index (χ1n) is 6.09. The summed E-state index contributed by atoms with van der Waals surface area (Å²) in [6.45, 7) is 2.20. The SMILES string of the molecule is C[C@H](N)c1cc(Cl)ccc1OCc1cccc(Cl)c1Cl. The molecule has 5 heteroatoms. The molecule has 0 fully saturated rings. The largest absolute Gasteiger partial charge is 0.489 e. The fourth-order valence-electron chi connectivity index (χ4n) is 1.82. The lowest BCUT2D eigenvalue weighted by Gasteiger charge is -2.15. The zero-order valence-electron chi connectivity index (χ0n) is 10.9. The van der Waals surface area contributed by atoms with E-state index in [1.54, 1.807) is 24.3 Å². The van der Waals surface area contributed by atoms with Crippen LogP contribution in [0.2, 0.25) is 15.1 Å². The lowest BCUT2D eigenvalue weighted by molar-refractivity contribution is 0.301. The van der Waals surface area contributed by atoms with Crippen molar-refractivity contribution in [1.82, 2.24) is 0 Å². The van der Waals surface area contributed by atoms with E-state index < -0.39 is 0 Å². The normalized spacial score (nSPS) is 12.2. The Hall–Kier alpha value is -0.930. The summed E-state index contributed by atoms with van der Waals surface area (Å²) in [6.07, 6.45) is 0. The molecule has 106 valence electrons. The van der Waals surface area contributed by atoms with Gasteiger partial charge in [0, 0.05) is 22.2 Å². The molecule has 2 nitrogen and oxygen atoms in total. The van der Waals surface area contributed by atoms with Gasteiger partial charge in [0.05, 0.1) is 10.0 Å². The van der Waals surface area contributed by atoms with Crippen LogP contribution in [0.15, 0.2) is 36.4 Å². The highest BCUT2D eigenvalue weighted by molar-refractivity contribution is 6.42. The number of benzene rings is 2. The number of hydrogen-bond donors (Lipinski definition) is 1. The van der Waals surface area contributed by atoms with E-state index in [4.69, 9.17) is 45.3 Å². The number of ether oxygens (including phenoxy) is 1. The predicted octanol–water partition coefficient (Wildman–Crippen LogP) is 5.25. The van der Waals surface area contributed by atoms with E-state index >= 15 is 0 Å². The van der Waals surface area contributed by atoms with Crippen LogP contribution in [0.5, 0.6) is 5.75 Å². The van der Waals surface area contributed by atoms with Gasteiger partial charge in [-0.2, -0.15) is 0 Å². The molecular weight excluding hydrogens is 317 g/mol. The second kappa shape index (κ2) is 6.68. The van der Waals surface area contributed by atoms with Crippen LogP contribution in [0.1, 0.15) is 24.1 Å². The van der Waals surface area contributed by atoms with Crippen LogP contribution in [0.4, 0.5) is 0 Å². The van der Waals surface area contributed by atoms with Crippen LogP contribution < -0.4 is 10.5 Å². The summed E-state index contributed by atoms with van der Waals surface area (Å²) in [6, 6.07) is 10.7. The van der Waals surface area contributed by atoms with Crippen LogP contribution >= 0.6 is 34.8 Å². The molecule has 0 heterocycles. The zero-order chi connectivity index (χ0) is 14.7. The lowest BCUT2D eigenvalue weighted by Crippen LogP contribution is -2.08. The molecule has 20 heavy (non-hydrogen) atoms. The highest BCUT2D eigenvalue weighted by atomic mass is 35.5. The van der Waals surface area contributed by atoms with Crippen molar-refractivity contribution in [3.8, 4) is 5.75 Å². The minimum absolute atomic E-state index is 0.168. The molecule has 2 N–H and O–H groups in total. The Kier molecular flexibility index (Phi) is 5.17. The van der Waals surface area contributed by atoms with Crippen LogP contribution in [-0.2, 0) is 6.61 Å². The van der Waals surface area contributed by atoms with Crippen molar-refractivity contribution in [1.29, 1.82) is 0 Å². The minimum Gasteiger partial charge on any atom is -0.489 e. The zero-order valence-corrected chi connectivity index (χ0v) is 13.1. The molecule has 1 atom stereocenters. The molecule has 0 aliphatic rings. The second-order valence-corrected chi connectivity index (χ2v) is 5.69. The third-order valence-electron chi connectivity index (χ3n) is 2.88. The first kappa shape index (κ1) is 15.5. The van der Waals surface area contributed by atoms with E-state index in [1.807, 2.05) is 19.1 Å². The smallest absolute Gasteiger partial charge is 0.124 e. The van der Waals surface area contributed by atoms with Crippen molar-refractivity contribution >= 4 is 34.8 Å². The molecule has 2 aromatic rings. The van der Waals surface area contributed by atoms with Crippen molar-refractivity contribution in [2.75, 3.05) is 0 Å². The van der Waals surface area contributed by atoms with Crippen LogP contribution in [0, 0.1) is 0 Å². The Labute approximate surface area is 133 Å². The number of halogens is 3. The maximum absolute atomic E-state index is 6.13. The number of hydrogen-bond acceptors (Lipinski definition) is 2. The Morgan fingerprint density at radius 1 is 1.15 bits per heavy atom. The Bertz CT molecular complexity index is 614. The maximum Gasteiger partial charge on any atom is 0.124 e. The molecule has 0 amide bonds. The molecule has 2 aromatic carbocycles. The highest BCUT2D eigenvalue weighted by Crippen LogP contribution is 2.30. The molecule has 0 saturated carbocycles. The van der Waals surface area contributed by atoms with E-state index in [0.717, 1.165) is 11.1 Å². The summed E-state index contributed by atoms with van der Waals surface area (Å²) >= 11 is 18.1. The molecule has 0 unspecified atom stereocenters. The minimum atomic E-state index is -0.168. The van der Waals surface area contributed by atoms with Gasteiger partial charge in [0.2, 0.25) is 0 Å². The van der Waals surface area contributed by atoms with Gasteiger partial charge in [-0.1, -0.05) is 46.9 Å². The first-order chi connectivity index (χ1) is 9.49. The number of rotatable bonds is 4. The molecule has 0 aliphatic carbocycles. The topological polar surface area (TPSA) is 35.2 Å². The van der Waals surface area contributed by atoms with Crippen molar-refractivity contribution in [3.63, 3.8) is 0 Å². The summed E-state index contributed by atoms with van der Waals surface area (Å²) in [5, 5.41) is 1.65. The summed E-state index contributed by atoms with van der Waals surface area (Å²) in [4.78, 5) is 0. The van der Waals surface area contributed by atoms with Crippen LogP contribution in [-0.4, -0.2) is 0 Å². The molecule has 0 aromatic heterocycles. The van der Waals surface area contributed by atoms with E-state index in [9.17, 15) is 0 Å². The summed E-state index contributed by atoms with van der Waals surface area (Å²) in [5.74, 6) is 0.695. The molecular formula is C15H14Cl3NO. The van der Waals surface area contributed by atoms with Crippen molar-refractivity contribution in [2.24, 2.45) is 5.73 Å². The molecule has 0 bridgehead atoms. The van der Waals surface area contributed by atoms with Crippen LogP contribution in [0.25, 0.3) is 0 Å². The van der Waals surface area contributed by atoms with Crippen molar-refractivity contribution < 1.29 is 4.74 Å².